The lowest BCUT2D eigenvalue weighted by Gasteiger charge is -2.25. The number of fused-ring (bicyclic) bond motifs is 9. The molecule has 0 spiro atoms. The Balaban J connectivity index is 1.21. The summed E-state index contributed by atoms with van der Waals surface area (Å²) in [4.78, 5) is 0. The predicted molar refractivity (Wildman–Crippen MR) is 203 cm³/mol. The van der Waals surface area contributed by atoms with Gasteiger partial charge in [0, 0.05) is 27.1 Å². The Hall–Kier alpha value is -6.12. The van der Waals surface area contributed by atoms with E-state index in [1.807, 2.05) is 12.1 Å². The van der Waals surface area contributed by atoms with Gasteiger partial charge in [-0.05, 0) is 121 Å². The van der Waals surface area contributed by atoms with E-state index in [1.165, 1.54) is 66.1 Å². The summed E-state index contributed by atoms with van der Waals surface area (Å²) in [6, 6.07) is 52.8. The molecule has 2 nitrogen and oxygen atoms in total. The van der Waals surface area contributed by atoms with Crippen LogP contribution < -0.4 is 4.74 Å². The van der Waals surface area contributed by atoms with Crippen LogP contribution in [0, 0.1) is 0 Å². The van der Waals surface area contributed by atoms with Crippen molar-refractivity contribution in [1.82, 2.24) is 0 Å². The summed E-state index contributed by atoms with van der Waals surface area (Å²) in [5, 5.41) is 7.18. The van der Waals surface area contributed by atoms with Crippen LogP contribution in [0.25, 0.3) is 88.0 Å². The van der Waals surface area contributed by atoms with Crippen molar-refractivity contribution in [1.29, 1.82) is 0 Å². The average molecular weight is 627 g/mol. The summed E-state index contributed by atoms with van der Waals surface area (Å²) in [7, 11) is 0. The fraction of sp³-hybridized carbons (Fsp3) is 0.0638. The number of rotatable bonds is 2. The van der Waals surface area contributed by atoms with Gasteiger partial charge in [-0.3, -0.25) is 0 Å². The van der Waals surface area contributed by atoms with Gasteiger partial charge < -0.3 is 9.15 Å². The lowest BCUT2D eigenvalue weighted by atomic mass is 9.79. The first-order chi connectivity index (χ1) is 24.0. The molecule has 2 heterocycles. The number of furan rings is 1. The summed E-state index contributed by atoms with van der Waals surface area (Å²) in [5.74, 6) is 1.81. The van der Waals surface area contributed by atoms with Crippen molar-refractivity contribution in [2.24, 2.45) is 0 Å². The molecule has 0 N–H and O–H groups in total. The largest absolute Gasteiger partial charge is 0.456 e. The molecule has 1 aliphatic heterocycles. The highest BCUT2D eigenvalue weighted by molar-refractivity contribution is 6.11. The Morgan fingerprint density at radius 1 is 0.429 bits per heavy atom. The molecule has 0 fully saturated rings. The highest BCUT2D eigenvalue weighted by Gasteiger charge is 2.38. The summed E-state index contributed by atoms with van der Waals surface area (Å²) in [5.41, 5.74) is 14.1. The van der Waals surface area contributed by atoms with Crippen LogP contribution in [0.1, 0.15) is 25.0 Å². The summed E-state index contributed by atoms with van der Waals surface area (Å²) < 4.78 is 12.9. The SMILES string of the molecule is CC1(C)c2cc3ccccc3cc2-c2c(-c3ccc4c(c3)oc3ccccc34)cc(-c3ccc4c5c(cccc35)-c3ccccc3O4)cc21. The van der Waals surface area contributed by atoms with Crippen molar-refractivity contribution < 1.29 is 9.15 Å². The Morgan fingerprint density at radius 3 is 2.10 bits per heavy atom. The first-order valence-corrected chi connectivity index (χ1v) is 17.0. The van der Waals surface area contributed by atoms with Crippen molar-refractivity contribution in [3.63, 3.8) is 0 Å². The molecule has 0 radical (unpaired) electrons. The summed E-state index contributed by atoms with van der Waals surface area (Å²) in [6.07, 6.45) is 0. The van der Waals surface area contributed by atoms with Crippen LogP contribution >= 0.6 is 0 Å². The van der Waals surface area contributed by atoms with Gasteiger partial charge in [-0.25, -0.2) is 0 Å². The monoisotopic (exact) mass is 626 g/mol. The van der Waals surface area contributed by atoms with Gasteiger partial charge in [-0.15, -0.1) is 0 Å². The van der Waals surface area contributed by atoms with Crippen molar-refractivity contribution in [3.05, 3.63) is 157 Å². The van der Waals surface area contributed by atoms with E-state index in [9.17, 15) is 0 Å². The third-order valence-corrected chi connectivity index (χ3v) is 11.0. The maximum atomic E-state index is 6.48. The molecule has 0 saturated heterocycles. The smallest absolute Gasteiger partial charge is 0.136 e. The minimum atomic E-state index is -0.197. The molecule has 0 unspecified atom stereocenters. The van der Waals surface area contributed by atoms with Gasteiger partial charge in [-0.1, -0.05) is 105 Å². The third kappa shape index (κ3) is 3.66. The molecule has 11 rings (SSSR count). The molecule has 2 aliphatic rings. The normalized spacial score (nSPS) is 13.8. The van der Waals surface area contributed by atoms with Gasteiger partial charge in [0.15, 0.2) is 0 Å². The van der Waals surface area contributed by atoms with Crippen LogP contribution in [0.2, 0.25) is 0 Å². The van der Waals surface area contributed by atoms with E-state index in [1.54, 1.807) is 0 Å². The number of hydrogen-bond donors (Lipinski definition) is 0. The van der Waals surface area contributed by atoms with Gasteiger partial charge in [0.2, 0.25) is 0 Å². The number of benzene rings is 8. The topological polar surface area (TPSA) is 22.4 Å². The Bertz CT molecular complexity index is 2880. The van der Waals surface area contributed by atoms with E-state index in [4.69, 9.17) is 9.15 Å². The molecular weight excluding hydrogens is 597 g/mol. The maximum absolute atomic E-state index is 6.48. The van der Waals surface area contributed by atoms with E-state index in [0.29, 0.717) is 0 Å². The number of para-hydroxylation sites is 2. The highest BCUT2D eigenvalue weighted by atomic mass is 16.5. The van der Waals surface area contributed by atoms with Gasteiger partial charge in [-0.2, -0.15) is 0 Å². The van der Waals surface area contributed by atoms with Crippen molar-refractivity contribution in [3.8, 4) is 56.0 Å². The lowest BCUT2D eigenvalue weighted by molar-refractivity contribution is 0.487. The Morgan fingerprint density at radius 2 is 1.18 bits per heavy atom. The van der Waals surface area contributed by atoms with Crippen LogP contribution in [-0.2, 0) is 5.41 Å². The molecule has 1 aliphatic carbocycles. The first-order valence-electron chi connectivity index (χ1n) is 17.0. The zero-order valence-electron chi connectivity index (χ0n) is 27.2. The van der Waals surface area contributed by atoms with E-state index >= 15 is 0 Å². The first kappa shape index (κ1) is 26.9. The molecule has 2 heteroatoms. The Labute approximate surface area is 283 Å². The van der Waals surface area contributed by atoms with Crippen LogP contribution in [0.15, 0.2) is 150 Å². The average Bonchev–Trinajstić information content (AvgIpc) is 3.62. The van der Waals surface area contributed by atoms with Gasteiger partial charge in [0.25, 0.3) is 0 Å². The number of hydrogen-bond acceptors (Lipinski definition) is 2. The second-order valence-electron chi connectivity index (χ2n) is 14.1. The molecule has 0 bridgehead atoms. The van der Waals surface area contributed by atoms with E-state index in [2.05, 4.69) is 147 Å². The molecule has 49 heavy (non-hydrogen) atoms. The molecular formula is C47H30O2. The van der Waals surface area contributed by atoms with Crippen LogP contribution in [-0.4, -0.2) is 0 Å². The summed E-state index contributed by atoms with van der Waals surface area (Å²) in [6.45, 7) is 4.76. The van der Waals surface area contributed by atoms with E-state index in [-0.39, 0.29) is 5.41 Å². The number of ether oxygens (including phenoxy) is 1. The van der Waals surface area contributed by atoms with E-state index in [0.717, 1.165) is 44.6 Å². The molecule has 1 aromatic heterocycles. The lowest BCUT2D eigenvalue weighted by Crippen LogP contribution is -2.15. The fourth-order valence-electron chi connectivity index (χ4n) is 8.64. The predicted octanol–water partition coefficient (Wildman–Crippen LogP) is 13.3. The molecule has 0 saturated carbocycles. The Kier molecular flexibility index (Phi) is 5.21. The second kappa shape index (κ2) is 9.49. The maximum Gasteiger partial charge on any atom is 0.136 e. The zero-order chi connectivity index (χ0) is 32.4. The molecule has 9 aromatic rings. The van der Waals surface area contributed by atoms with Gasteiger partial charge in [0.1, 0.15) is 22.7 Å². The highest BCUT2D eigenvalue weighted by Crippen LogP contribution is 2.56. The van der Waals surface area contributed by atoms with Crippen LogP contribution in [0.3, 0.4) is 0 Å². The van der Waals surface area contributed by atoms with Gasteiger partial charge in [0.05, 0.1) is 0 Å². The molecule has 0 atom stereocenters. The summed E-state index contributed by atoms with van der Waals surface area (Å²) >= 11 is 0. The molecule has 0 amide bonds. The van der Waals surface area contributed by atoms with Crippen LogP contribution in [0.5, 0.6) is 11.5 Å². The fourth-order valence-corrected chi connectivity index (χ4v) is 8.64. The standard InChI is InChI=1S/C47H30O2/c1-47(2)39-24-28-11-4-3-10-27(28)22-38(39)45-37(29-18-19-34-32-12-5-7-16-41(32)49-44(34)26-29)23-30(25-40(45)47)31-20-21-43-46-35(31)14-9-15-36(46)33-13-6-8-17-42(33)48-43/h3-26H,1-2H3. The van der Waals surface area contributed by atoms with Crippen molar-refractivity contribution in [2.75, 3.05) is 0 Å². The quantitative estimate of drug-likeness (QED) is 0.190. The van der Waals surface area contributed by atoms with E-state index < -0.39 is 0 Å². The zero-order valence-corrected chi connectivity index (χ0v) is 27.2. The van der Waals surface area contributed by atoms with Crippen LogP contribution in [0.4, 0.5) is 0 Å². The second-order valence-corrected chi connectivity index (χ2v) is 14.1. The molecule has 8 aromatic carbocycles. The van der Waals surface area contributed by atoms with Crippen molar-refractivity contribution in [2.45, 2.75) is 19.3 Å². The third-order valence-electron chi connectivity index (χ3n) is 11.0. The van der Waals surface area contributed by atoms with Gasteiger partial charge >= 0.3 is 0 Å². The van der Waals surface area contributed by atoms with Crippen molar-refractivity contribution >= 4 is 43.5 Å². The molecule has 230 valence electrons. The minimum Gasteiger partial charge on any atom is -0.456 e. The minimum absolute atomic E-state index is 0.197.